The Balaban J connectivity index is 2.23. The highest BCUT2D eigenvalue weighted by atomic mass is 79.9. The van der Waals surface area contributed by atoms with E-state index in [1.54, 1.807) is 19.1 Å². The SMILES string of the molecule is CCOC(=O)CN1C(=O)S/C(=C/c2cc(Br)c(O)c(Br)c2)C1=O. The van der Waals surface area contributed by atoms with E-state index >= 15 is 0 Å². The first-order valence-corrected chi connectivity index (χ1v) is 8.82. The topological polar surface area (TPSA) is 83.9 Å². The van der Waals surface area contributed by atoms with Crippen molar-refractivity contribution in [1.82, 2.24) is 4.90 Å². The summed E-state index contributed by atoms with van der Waals surface area (Å²) < 4.78 is 5.64. The van der Waals surface area contributed by atoms with E-state index in [1.807, 2.05) is 0 Å². The number of thioether (sulfide) groups is 1. The molecule has 0 atom stereocenters. The summed E-state index contributed by atoms with van der Waals surface area (Å²) in [6, 6.07) is 3.22. The lowest BCUT2D eigenvalue weighted by atomic mass is 10.2. The molecule has 2 rings (SSSR count). The molecular weight excluding hydrogens is 454 g/mol. The summed E-state index contributed by atoms with van der Waals surface area (Å²) in [5.74, 6) is -1.14. The first-order valence-electron chi connectivity index (χ1n) is 6.42. The Kier molecular flexibility index (Phi) is 5.88. The summed E-state index contributed by atoms with van der Waals surface area (Å²) in [6.07, 6.45) is 1.52. The number of carbonyl (C=O) groups is 3. The number of hydrogen-bond donors (Lipinski definition) is 1. The van der Waals surface area contributed by atoms with Gasteiger partial charge in [-0.1, -0.05) is 0 Å². The number of nitrogens with zero attached hydrogens (tertiary/aromatic N) is 1. The van der Waals surface area contributed by atoms with Crippen LogP contribution in [0.4, 0.5) is 4.79 Å². The normalized spacial score (nSPS) is 16.3. The minimum absolute atomic E-state index is 0.0394. The highest BCUT2D eigenvalue weighted by Gasteiger charge is 2.36. The Morgan fingerprint density at radius 2 is 1.96 bits per heavy atom. The van der Waals surface area contributed by atoms with Crippen LogP contribution in [0.15, 0.2) is 26.0 Å². The Bertz CT molecular complexity index is 696. The number of aromatic hydroxyl groups is 1. The molecule has 1 aliphatic rings. The van der Waals surface area contributed by atoms with Crippen molar-refractivity contribution in [2.45, 2.75) is 6.92 Å². The highest BCUT2D eigenvalue weighted by molar-refractivity contribution is 9.11. The monoisotopic (exact) mass is 463 g/mol. The summed E-state index contributed by atoms with van der Waals surface area (Å²) in [5.41, 5.74) is 0.614. The van der Waals surface area contributed by atoms with E-state index in [2.05, 4.69) is 31.9 Å². The molecular formula is C14H11Br2NO5S. The number of carbonyl (C=O) groups excluding carboxylic acids is 3. The van der Waals surface area contributed by atoms with Gasteiger partial charge in [0.1, 0.15) is 12.3 Å². The summed E-state index contributed by atoms with van der Waals surface area (Å²) in [6.45, 7) is 1.42. The molecule has 0 unspecified atom stereocenters. The summed E-state index contributed by atoms with van der Waals surface area (Å²) in [7, 11) is 0. The summed E-state index contributed by atoms with van der Waals surface area (Å²) >= 11 is 7.14. The second-order valence-corrected chi connectivity index (χ2v) is 7.11. The van der Waals surface area contributed by atoms with Crippen molar-refractivity contribution in [3.8, 4) is 5.75 Å². The summed E-state index contributed by atoms with van der Waals surface area (Å²) in [5, 5.41) is 9.16. The van der Waals surface area contributed by atoms with Crippen LogP contribution in [0.3, 0.4) is 0 Å². The van der Waals surface area contributed by atoms with Crippen LogP contribution in [0.25, 0.3) is 6.08 Å². The summed E-state index contributed by atoms with van der Waals surface area (Å²) in [4.78, 5) is 36.6. The van der Waals surface area contributed by atoms with Crippen LogP contribution in [-0.2, 0) is 14.3 Å². The lowest BCUT2D eigenvalue weighted by molar-refractivity contribution is -0.145. The smallest absolute Gasteiger partial charge is 0.326 e. The minimum Gasteiger partial charge on any atom is -0.506 e. The van der Waals surface area contributed by atoms with Crippen molar-refractivity contribution in [3.63, 3.8) is 0 Å². The van der Waals surface area contributed by atoms with Crippen LogP contribution in [-0.4, -0.2) is 40.3 Å². The molecule has 122 valence electrons. The fraction of sp³-hybridized carbons (Fsp3) is 0.214. The first-order chi connectivity index (χ1) is 10.8. The number of phenolic OH excluding ortho intramolecular Hbond substituents is 1. The van der Waals surface area contributed by atoms with Gasteiger partial charge in [0, 0.05) is 0 Å². The number of phenols is 1. The van der Waals surface area contributed by atoms with E-state index in [0.717, 1.165) is 16.7 Å². The van der Waals surface area contributed by atoms with Crippen LogP contribution in [0.2, 0.25) is 0 Å². The maximum Gasteiger partial charge on any atom is 0.326 e. The lowest BCUT2D eigenvalue weighted by Gasteiger charge is -2.10. The van der Waals surface area contributed by atoms with Crippen LogP contribution < -0.4 is 0 Å². The van der Waals surface area contributed by atoms with Gasteiger partial charge in [-0.15, -0.1) is 0 Å². The van der Waals surface area contributed by atoms with Crippen LogP contribution in [0.5, 0.6) is 5.75 Å². The third-order valence-electron chi connectivity index (χ3n) is 2.80. The predicted octanol–water partition coefficient (Wildman–Crippen LogP) is 3.52. The van der Waals surface area contributed by atoms with Gasteiger partial charge in [-0.25, -0.2) is 0 Å². The fourth-order valence-corrected chi connectivity index (χ4v) is 3.85. The van der Waals surface area contributed by atoms with Gasteiger partial charge >= 0.3 is 5.97 Å². The highest BCUT2D eigenvalue weighted by Crippen LogP contribution is 2.36. The molecule has 0 aromatic heterocycles. The van der Waals surface area contributed by atoms with Gasteiger partial charge in [-0.2, -0.15) is 0 Å². The van der Waals surface area contributed by atoms with E-state index in [1.165, 1.54) is 6.08 Å². The molecule has 1 aliphatic heterocycles. The van der Waals surface area contributed by atoms with Crippen molar-refractivity contribution in [2.75, 3.05) is 13.2 Å². The molecule has 6 nitrogen and oxygen atoms in total. The van der Waals surface area contributed by atoms with Crippen molar-refractivity contribution in [2.24, 2.45) is 0 Å². The van der Waals surface area contributed by atoms with Crippen molar-refractivity contribution >= 4 is 66.8 Å². The van der Waals surface area contributed by atoms with E-state index in [9.17, 15) is 19.5 Å². The predicted molar refractivity (Wildman–Crippen MR) is 92.8 cm³/mol. The number of hydrogen-bond acceptors (Lipinski definition) is 6. The zero-order valence-electron chi connectivity index (χ0n) is 11.8. The molecule has 1 N–H and O–H groups in total. The van der Waals surface area contributed by atoms with E-state index in [4.69, 9.17) is 4.74 Å². The molecule has 0 radical (unpaired) electrons. The molecule has 1 fully saturated rings. The van der Waals surface area contributed by atoms with Gasteiger partial charge < -0.3 is 9.84 Å². The van der Waals surface area contributed by atoms with Gasteiger partial charge in [0.25, 0.3) is 11.1 Å². The molecule has 1 heterocycles. The zero-order chi connectivity index (χ0) is 17.1. The minimum atomic E-state index is -0.633. The Labute approximate surface area is 153 Å². The fourth-order valence-electron chi connectivity index (χ4n) is 1.79. The Hall–Kier alpha value is -1.32. The second kappa shape index (κ2) is 7.50. The molecule has 0 bridgehead atoms. The van der Waals surface area contributed by atoms with Gasteiger partial charge in [0.2, 0.25) is 0 Å². The number of rotatable bonds is 4. The standard InChI is InChI=1S/C14H11Br2NO5S/c1-2-22-11(18)6-17-13(20)10(23-14(17)21)5-7-3-8(15)12(19)9(16)4-7/h3-5,19H,2,6H2,1H3/b10-5+. The molecule has 0 saturated carbocycles. The van der Waals surface area contributed by atoms with Crippen LogP contribution in [0.1, 0.15) is 12.5 Å². The Morgan fingerprint density at radius 3 is 2.52 bits per heavy atom. The molecule has 1 aromatic rings. The van der Waals surface area contributed by atoms with E-state index < -0.39 is 23.7 Å². The third-order valence-corrected chi connectivity index (χ3v) is 4.92. The number of benzene rings is 1. The largest absolute Gasteiger partial charge is 0.506 e. The molecule has 9 heteroatoms. The van der Waals surface area contributed by atoms with Crippen molar-refractivity contribution < 1.29 is 24.2 Å². The number of esters is 1. The van der Waals surface area contributed by atoms with E-state index in [-0.39, 0.29) is 17.3 Å². The molecule has 1 aromatic carbocycles. The number of amides is 2. The van der Waals surface area contributed by atoms with Crippen LogP contribution >= 0.6 is 43.6 Å². The zero-order valence-corrected chi connectivity index (χ0v) is 15.8. The second-order valence-electron chi connectivity index (χ2n) is 4.41. The van der Waals surface area contributed by atoms with Gasteiger partial charge in [0.15, 0.2) is 0 Å². The van der Waals surface area contributed by atoms with Gasteiger partial charge in [0.05, 0.1) is 20.5 Å². The third kappa shape index (κ3) is 4.15. The van der Waals surface area contributed by atoms with Gasteiger partial charge in [-0.3, -0.25) is 19.3 Å². The van der Waals surface area contributed by atoms with Crippen molar-refractivity contribution in [1.29, 1.82) is 0 Å². The maximum absolute atomic E-state index is 12.2. The molecule has 0 aliphatic carbocycles. The van der Waals surface area contributed by atoms with Crippen LogP contribution in [0, 0.1) is 0 Å². The number of ether oxygens (including phenoxy) is 1. The average Bonchev–Trinajstić information content (AvgIpc) is 2.72. The average molecular weight is 465 g/mol. The van der Waals surface area contributed by atoms with Gasteiger partial charge in [-0.05, 0) is 74.3 Å². The Morgan fingerprint density at radius 1 is 1.35 bits per heavy atom. The number of imide groups is 1. The molecule has 0 spiro atoms. The first kappa shape index (κ1) is 18.0. The lowest BCUT2D eigenvalue weighted by Crippen LogP contribution is -2.34. The molecule has 2 amide bonds. The van der Waals surface area contributed by atoms with Crippen molar-refractivity contribution in [3.05, 3.63) is 31.5 Å². The number of halogens is 2. The van der Waals surface area contributed by atoms with E-state index in [0.29, 0.717) is 14.5 Å². The molecule has 23 heavy (non-hydrogen) atoms. The quantitative estimate of drug-likeness (QED) is 0.542. The maximum atomic E-state index is 12.2. The molecule has 1 saturated heterocycles.